The molecule has 0 amide bonds. The number of benzene rings is 1. The van der Waals surface area contributed by atoms with Crippen molar-refractivity contribution in [2.24, 2.45) is 11.8 Å². The first kappa shape index (κ1) is 13.0. The van der Waals surface area contributed by atoms with E-state index in [-0.39, 0.29) is 6.10 Å². The normalized spacial score (nSPS) is 29.1. The van der Waals surface area contributed by atoms with Gasteiger partial charge in [-0.15, -0.1) is 0 Å². The van der Waals surface area contributed by atoms with Crippen molar-refractivity contribution in [3.05, 3.63) is 29.8 Å². The van der Waals surface area contributed by atoms with Crippen molar-refractivity contribution in [3.8, 4) is 5.75 Å². The van der Waals surface area contributed by atoms with Crippen molar-refractivity contribution in [3.63, 3.8) is 0 Å². The minimum atomic E-state index is 0.244. The third-order valence-electron chi connectivity index (χ3n) is 4.58. The van der Waals surface area contributed by atoms with Crippen LogP contribution in [0.3, 0.4) is 0 Å². The Labute approximate surface area is 116 Å². The van der Waals surface area contributed by atoms with Crippen LogP contribution in [0, 0.1) is 11.8 Å². The summed E-state index contributed by atoms with van der Waals surface area (Å²) in [6.45, 7) is 5.11. The first-order valence-corrected chi connectivity index (χ1v) is 7.69. The van der Waals surface area contributed by atoms with Crippen molar-refractivity contribution >= 4 is 0 Å². The van der Waals surface area contributed by atoms with Crippen LogP contribution in [0.4, 0.5) is 0 Å². The summed E-state index contributed by atoms with van der Waals surface area (Å²) in [6, 6.07) is 9.25. The lowest BCUT2D eigenvalue weighted by molar-refractivity contribution is 0.242. The van der Waals surface area contributed by atoms with E-state index in [0.717, 1.165) is 30.2 Å². The van der Waals surface area contributed by atoms with E-state index in [1.54, 1.807) is 0 Å². The molecule has 3 rings (SSSR count). The molecule has 2 fully saturated rings. The molecule has 1 aromatic rings. The molecule has 0 heterocycles. The average Bonchev–Trinajstić information content (AvgIpc) is 2.98. The summed E-state index contributed by atoms with van der Waals surface area (Å²) in [5.41, 5.74) is 1.33. The average molecular weight is 259 g/mol. The molecule has 2 saturated carbocycles. The lowest BCUT2D eigenvalue weighted by Crippen LogP contribution is -2.33. The first-order valence-electron chi connectivity index (χ1n) is 7.69. The molecular weight excluding hydrogens is 234 g/mol. The summed E-state index contributed by atoms with van der Waals surface area (Å²) in [5, 5.41) is 3.75. The summed E-state index contributed by atoms with van der Waals surface area (Å²) in [6.07, 6.45) is 6.02. The molecular formula is C17H25NO. The van der Waals surface area contributed by atoms with Crippen molar-refractivity contribution in [1.82, 2.24) is 5.32 Å². The van der Waals surface area contributed by atoms with E-state index in [1.807, 2.05) is 6.07 Å². The number of fused-ring (bicyclic) bond motifs is 2. The van der Waals surface area contributed by atoms with E-state index < -0.39 is 0 Å². The van der Waals surface area contributed by atoms with Crippen molar-refractivity contribution < 1.29 is 4.74 Å². The second-order valence-electron chi connectivity index (χ2n) is 6.48. The molecule has 3 atom stereocenters. The van der Waals surface area contributed by atoms with Gasteiger partial charge in [0.15, 0.2) is 0 Å². The lowest BCUT2D eigenvalue weighted by atomic mass is 9.95. The van der Waals surface area contributed by atoms with Crippen molar-refractivity contribution in [2.45, 2.75) is 58.2 Å². The van der Waals surface area contributed by atoms with E-state index in [4.69, 9.17) is 4.74 Å². The molecule has 0 aliphatic heterocycles. The standard InChI is InChI=1S/C17H25NO/c1-12(2)19-16-5-3-4-14(9-16)11-18-17-10-13-6-7-15(17)8-13/h3-5,9,12-13,15,17-18H,6-8,10-11H2,1-2H3. The molecule has 1 aromatic carbocycles. The predicted octanol–water partition coefficient (Wildman–Crippen LogP) is 3.75. The van der Waals surface area contributed by atoms with E-state index in [0.29, 0.717) is 0 Å². The highest BCUT2D eigenvalue weighted by Gasteiger charge is 2.38. The second-order valence-corrected chi connectivity index (χ2v) is 6.48. The third-order valence-corrected chi connectivity index (χ3v) is 4.58. The van der Waals surface area contributed by atoms with Crippen LogP contribution in [0.15, 0.2) is 24.3 Å². The van der Waals surface area contributed by atoms with Gasteiger partial charge in [0, 0.05) is 12.6 Å². The Balaban J connectivity index is 1.55. The Bertz CT molecular complexity index is 429. The maximum absolute atomic E-state index is 5.75. The van der Waals surface area contributed by atoms with E-state index in [9.17, 15) is 0 Å². The Morgan fingerprint density at radius 3 is 2.84 bits per heavy atom. The summed E-state index contributed by atoms with van der Waals surface area (Å²) >= 11 is 0. The van der Waals surface area contributed by atoms with Gasteiger partial charge in [0.2, 0.25) is 0 Å². The fourth-order valence-corrected chi connectivity index (χ4v) is 3.74. The Hall–Kier alpha value is -1.02. The van der Waals surface area contributed by atoms with E-state index >= 15 is 0 Å². The zero-order chi connectivity index (χ0) is 13.2. The number of hydrogen-bond donors (Lipinski definition) is 1. The van der Waals surface area contributed by atoms with Gasteiger partial charge in [-0.3, -0.25) is 0 Å². The fraction of sp³-hybridized carbons (Fsp3) is 0.647. The Kier molecular flexibility index (Phi) is 3.79. The molecule has 2 aliphatic rings. The van der Waals surface area contributed by atoms with Crippen LogP contribution in [0.2, 0.25) is 0 Å². The molecule has 0 radical (unpaired) electrons. The molecule has 2 nitrogen and oxygen atoms in total. The molecule has 3 unspecified atom stereocenters. The molecule has 104 valence electrons. The van der Waals surface area contributed by atoms with Crippen LogP contribution >= 0.6 is 0 Å². The van der Waals surface area contributed by atoms with Gasteiger partial charge in [0.1, 0.15) is 5.75 Å². The lowest BCUT2D eigenvalue weighted by Gasteiger charge is -2.23. The molecule has 19 heavy (non-hydrogen) atoms. The summed E-state index contributed by atoms with van der Waals surface area (Å²) < 4.78 is 5.75. The van der Waals surface area contributed by atoms with E-state index in [2.05, 4.69) is 37.4 Å². The minimum absolute atomic E-state index is 0.244. The Morgan fingerprint density at radius 1 is 1.26 bits per heavy atom. The van der Waals surface area contributed by atoms with E-state index in [1.165, 1.54) is 31.2 Å². The zero-order valence-electron chi connectivity index (χ0n) is 12.1. The van der Waals surface area contributed by atoms with Crippen LogP contribution in [-0.2, 0) is 6.54 Å². The van der Waals surface area contributed by atoms with Gasteiger partial charge in [-0.1, -0.05) is 18.6 Å². The van der Waals surface area contributed by atoms with Gasteiger partial charge in [-0.2, -0.15) is 0 Å². The zero-order valence-corrected chi connectivity index (χ0v) is 12.1. The molecule has 2 aliphatic carbocycles. The number of nitrogens with one attached hydrogen (secondary N) is 1. The topological polar surface area (TPSA) is 21.3 Å². The van der Waals surface area contributed by atoms with Crippen LogP contribution < -0.4 is 10.1 Å². The van der Waals surface area contributed by atoms with Gasteiger partial charge >= 0.3 is 0 Å². The predicted molar refractivity (Wildman–Crippen MR) is 78.3 cm³/mol. The molecule has 0 spiro atoms. The molecule has 2 heteroatoms. The highest BCUT2D eigenvalue weighted by Crippen LogP contribution is 2.44. The SMILES string of the molecule is CC(C)Oc1cccc(CNC2CC3CCC2C3)c1. The Morgan fingerprint density at radius 2 is 2.16 bits per heavy atom. The molecule has 2 bridgehead atoms. The smallest absolute Gasteiger partial charge is 0.120 e. The molecule has 1 N–H and O–H groups in total. The van der Waals surface area contributed by atoms with Crippen LogP contribution in [0.1, 0.15) is 45.1 Å². The number of hydrogen-bond acceptors (Lipinski definition) is 2. The van der Waals surface area contributed by atoms with Crippen molar-refractivity contribution in [1.29, 1.82) is 0 Å². The van der Waals surface area contributed by atoms with Gasteiger partial charge in [0.25, 0.3) is 0 Å². The van der Waals surface area contributed by atoms with Crippen LogP contribution in [0.25, 0.3) is 0 Å². The number of ether oxygens (including phenoxy) is 1. The second kappa shape index (κ2) is 5.54. The number of rotatable bonds is 5. The quantitative estimate of drug-likeness (QED) is 0.869. The summed E-state index contributed by atoms with van der Waals surface area (Å²) in [4.78, 5) is 0. The summed E-state index contributed by atoms with van der Waals surface area (Å²) in [5.74, 6) is 2.94. The van der Waals surface area contributed by atoms with Crippen molar-refractivity contribution in [2.75, 3.05) is 0 Å². The van der Waals surface area contributed by atoms with Gasteiger partial charge in [0.05, 0.1) is 6.10 Å². The molecule has 0 saturated heterocycles. The first-order chi connectivity index (χ1) is 9.20. The fourth-order valence-electron chi connectivity index (χ4n) is 3.74. The monoisotopic (exact) mass is 259 g/mol. The van der Waals surface area contributed by atoms with Gasteiger partial charge < -0.3 is 10.1 Å². The largest absolute Gasteiger partial charge is 0.491 e. The van der Waals surface area contributed by atoms with Crippen LogP contribution in [-0.4, -0.2) is 12.1 Å². The highest BCUT2D eigenvalue weighted by atomic mass is 16.5. The third kappa shape index (κ3) is 3.11. The highest BCUT2D eigenvalue weighted by molar-refractivity contribution is 5.28. The van der Waals surface area contributed by atoms with Gasteiger partial charge in [-0.05, 0) is 62.6 Å². The van der Waals surface area contributed by atoms with Gasteiger partial charge in [-0.25, -0.2) is 0 Å². The van der Waals surface area contributed by atoms with Crippen LogP contribution in [0.5, 0.6) is 5.75 Å². The maximum atomic E-state index is 5.75. The summed E-state index contributed by atoms with van der Waals surface area (Å²) in [7, 11) is 0. The molecule has 0 aromatic heterocycles. The minimum Gasteiger partial charge on any atom is -0.491 e. The maximum Gasteiger partial charge on any atom is 0.120 e.